The summed E-state index contributed by atoms with van der Waals surface area (Å²) in [6.07, 6.45) is 2.31. The monoisotopic (exact) mass is 266 g/mol. The molecule has 5 heteroatoms. The molecule has 3 rings (SSSR count). The fraction of sp³-hybridized carbons (Fsp3) is 0.462. The van der Waals surface area contributed by atoms with Gasteiger partial charge in [0, 0.05) is 6.54 Å². The fourth-order valence-corrected chi connectivity index (χ4v) is 3.70. The lowest BCUT2D eigenvalue weighted by Crippen LogP contribution is -2.24. The van der Waals surface area contributed by atoms with E-state index in [-0.39, 0.29) is 11.5 Å². The van der Waals surface area contributed by atoms with E-state index in [1.807, 2.05) is 11.8 Å². The normalized spacial score (nSPS) is 20.4. The van der Waals surface area contributed by atoms with Crippen molar-refractivity contribution in [3.05, 3.63) is 34.5 Å². The standard InChI is InChI=1S/C13H15FN2OS/c14-10-4-1-5-11-12(10)16(13(17)15-11)7-9-3-2-6-18-8-9/h1,4-5,9H,2-3,6-8H2,(H,15,17). The predicted octanol–water partition coefficient (Wildman–Crippen LogP) is 2.61. The van der Waals surface area contributed by atoms with Crippen LogP contribution in [0.1, 0.15) is 12.8 Å². The highest BCUT2D eigenvalue weighted by Gasteiger charge is 2.18. The van der Waals surface area contributed by atoms with Gasteiger partial charge in [-0.2, -0.15) is 11.8 Å². The van der Waals surface area contributed by atoms with Gasteiger partial charge in [0.15, 0.2) is 0 Å². The molecule has 0 bridgehead atoms. The second-order valence-electron chi connectivity index (χ2n) is 4.76. The Morgan fingerprint density at radius 2 is 2.39 bits per heavy atom. The van der Waals surface area contributed by atoms with Crippen molar-refractivity contribution >= 4 is 22.8 Å². The lowest BCUT2D eigenvalue weighted by Gasteiger charge is -2.21. The Bertz CT molecular complexity index is 613. The summed E-state index contributed by atoms with van der Waals surface area (Å²) in [5, 5.41) is 0. The first-order chi connectivity index (χ1) is 8.75. The van der Waals surface area contributed by atoms with Crippen molar-refractivity contribution in [2.24, 2.45) is 5.92 Å². The Kier molecular flexibility index (Phi) is 3.16. The van der Waals surface area contributed by atoms with Gasteiger partial charge in [-0.25, -0.2) is 9.18 Å². The molecule has 1 fully saturated rings. The Morgan fingerprint density at radius 3 is 3.17 bits per heavy atom. The minimum Gasteiger partial charge on any atom is -0.305 e. The van der Waals surface area contributed by atoms with Crippen LogP contribution in [0.15, 0.2) is 23.0 Å². The van der Waals surface area contributed by atoms with E-state index in [9.17, 15) is 9.18 Å². The number of hydrogen-bond donors (Lipinski definition) is 1. The molecule has 1 N–H and O–H groups in total. The summed E-state index contributed by atoms with van der Waals surface area (Å²) in [5.74, 6) is 2.41. The third-order valence-electron chi connectivity index (χ3n) is 3.44. The number of fused-ring (bicyclic) bond motifs is 1. The highest BCUT2D eigenvalue weighted by molar-refractivity contribution is 7.99. The maximum absolute atomic E-state index is 13.8. The number of nitrogens with zero attached hydrogens (tertiary/aromatic N) is 1. The van der Waals surface area contributed by atoms with Crippen LogP contribution >= 0.6 is 11.8 Å². The zero-order valence-electron chi connectivity index (χ0n) is 9.99. The third-order valence-corrected chi connectivity index (χ3v) is 4.72. The molecule has 1 aliphatic heterocycles. The number of benzene rings is 1. The molecule has 18 heavy (non-hydrogen) atoms. The smallest absolute Gasteiger partial charge is 0.305 e. The molecule has 2 heterocycles. The number of aromatic amines is 1. The van der Waals surface area contributed by atoms with Gasteiger partial charge in [0.25, 0.3) is 0 Å². The minimum absolute atomic E-state index is 0.203. The second-order valence-corrected chi connectivity index (χ2v) is 5.91. The van der Waals surface area contributed by atoms with Crippen LogP contribution in [0.2, 0.25) is 0 Å². The van der Waals surface area contributed by atoms with Crippen molar-refractivity contribution in [1.29, 1.82) is 0 Å². The van der Waals surface area contributed by atoms with Crippen molar-refractivity contribution < 1.29 is 4.39 Å². The van der Waals surface area contributed by atoms with Gasteiger partial charge >= 0.3 is 5.69 Å². The van der Waals surface area contributed by atoms with Crippen LogP contribution < -0.4 is 5.69 Å². The molecular weight excluding hydrogens is 251 g/mol. The number of thioether (sulfide) groups is 1. The molecule has 0 radical (unpaired) electrons. The first-order valence-corrected chi connectivity index (χ1v) is 7.36. The van der Waals surface area contributed by atoms with E-state index < -0.39 is 0 Å². The van der Waals surface area contributed by atoms with E-state index in [1.165, 1.54) is 18.2 Å². The van der Waals surface area contributed by atoms with Gasteiger partial charge in [-0.05, 0) is 42.4 Å². The van der Waals surface area contributed by atoms with E-state index in [4.69, 9.17) is 0 Å². The highest BCUT2D eigenvalue weighted by Crippen LogP contribution is 2.25. The van der Waals surface area contributed by atoms with Gasteiger partial charge in [-0.15, -0.1) is 0 Å². The molecule has 1 aromatic heterocycles. The predicted molar refractivity (Wildman–Crippen MR) is 72.6 cm³/mol. The molecule has 0 amide bonds. The van der Waals surface area contributed by atoms with Gasteiger partial charge in [0.2, 0.25) is 0 Å². The lowest BCUT2D eigenvalue weighted by atomic mass is 10.1. The number of halogens is 1. The number of rotatable bonds is 2. The third kappa shape index (κ3) is 2.07. The van der Waals surface area contributed by atoms with Crippen molar-refractivity contribution in [3.8, 4) is 0 Å². The Labute approximate surface area is 108 Å². The van der Waals surface area contributed by atoms with Crippen molar-refractivity contribution in [1.82, 2.24) is 9.55 Å². The van der Waals surface area contributed by atoms with Gasteiger partial charge in [-0.3, -0.25) is 4.57 Å². The molecule has 1 aliphatic rings. The van der Waals surface area contributed by atoms with E-state index in [0.29, 0.717) is 23.5 Å². The van der Waals surface area contributed by atoms with Crippen LogP contribution in [0.25, 0.3) is 11.0 Å². The Hall–Kier alpha value is -1.23. The topological polar surface area (TPSA) is 37.8 Å². The van der Waals surface area contributed by atoms with E-state index >= 15 is 0 Å². The van der Waals surface area contributed by atoms with E-state index in [2.05, 4.69) is 4.98 Å². The zero-order valence-corrected chi connectivity index (χ0v) is 10.8. The first kappa shape index (κ1) is 11.8. The molecule has 0 saturated carbocycles. The molecule has 0 spiro atoms. The number of imidazole rings is 1. The second kappa shape index (κ2) is 4.80. The van der Waals surface area contributed by atoms with E-state index in [0.717, 1.165) is 12.2 Å². The maximum Gasteiger partial charge on any atom is 0.326 e. The average Bonchev–Trinajstić information content (AvgIpc) is 2.69. The van der Waals surface area contributed by atoms with Gasteiger partial charge < -0.3 is 4.98 Å². The number of para-hydroxylation sites is 1. The molecule has 1 unspecified atom stereocenters. The molecule has 1 atom stereocenters. The summed E-state index contributed by atoms with van der Waals surface area (Å²) in [4.78, 5) is 14.6. The largest absolute Gasteiger partial charge is 0.326 e. The number of aromatic nitrogens is 2. The summed E-state index contributed by atoms with van der Waals surface area (Å²) in [5.41, 5.74) is 0.798. The van der Waals surface area contributed by atoms with Gasteiger partial charge in [0.05, 0.1) is 5.52 Å². The fourth-order valence-electron chi connectivity index (χ4n) is 2.56. The van der Waals surface area contributed by atoms with Crippen LogP contribution in [-0.4, -0.2) is 21.1 Å². The number of hydrogen-bond acceptors (Lipinski definition) is 2. The van der Waals surface area contributed by atoms with Crippen LogP contribution in [0, 0.1) is 11.7 Å². The van der Waals surface area contributed by atoms with Crippen molar-refractivity contribution in [2.75, 3.05) is 11.5 Å². The van der Waals surface area contributed by atoms with Crippen molar-refractivity contribution in [2.45, 2.75) is 19.4 Å². The first-order valence-electron chi connectivity index (χ1n) is 6.20. The highest BCUT2D eigenvalue weighted by atomic mass is 32.2. The van der Waals surface area contributed by atoms with Crippen molar-refractivity contribution in [3.63, 3.8) is 0 Å². The molecule has 0 aliphatic carbocycles. The quantitative estimate of drug-likeness (QED) is 0.907. The number of H-pyrrole nitrogens is 1. The van der Waals surface area contributed by atoms with Crippen LogP contribution in [0.4, 0.5) is 4.39 Å². The lowest BCUT2D eigenvalue weighted by molar-refractivity contribution is 0.443. The summed E-state index contributed by atoms with van der Waals surface area (Å²) >= 11 is 1.92. The average molecular weight is 266 g/mol. The molecule has 96 valence electrons. The minimum atomic E-state index is -0.325. The Morgan fingerprint density at radius 1 is 1.50 bits per heavy atom. The molecule has 2 aromatic rings. The summed E-state index contributed by atoms with van der Waals surface area (Å²) in [6, 6.07) is 4.77. The van der Waals surface area contributed by atoms with Crippen LogP contribution in [0.3, 0.4) is 0 Å². The zero-order chi connectivity index (χ0) is 12.5. The molecule has 1 aromatic carbocycles. The maximum atomic E-state index is 13.8. The number of nitrogens with one attached hydrogen (secondary N) is 1. The SMILES string of the molecule is O=c1[nH]c2cccc(F)c2n1CC1CCCSC1. The molecule has 3 nitrogen and oxygen atoms in total. The van der Waals surface area contributed by atoms with Gasteiger partial charge in [-0.1, -0.05) is 6.07 Å². The summed E-state index contributed by atoms with van der Waals surface area (Å²) < 4.78 is 15.4. The van der Waals surface area contributed by atoms with Crippen LogP contribution in [0.5, 0.6) is 0 Å². The Balaban J connectivity index is 2.00. The van der Waals surface area contributed by atoms with Crippen LogP contribution in [-0.2, 0) is 6.54 Å². The molecule has 1 saturated heterocycles. The van der Waals surface area contributed by atoms with E-state index in [1.54, 1.807) is 16.7 Å². The summed E-state index contributed by atoms with van der Waals surface area (Å²) in [6.45, 7) is 0.618. The molecular formula is C13H15FN2OS. The summed E-state index contributed by atoms with van der Waals surface area (Å²) in [7, 11) is 0. The van der Waals surface area contributed by atoms with Gasteiger partial charge in [0.1, 0.15) is 11.3 Å².